The van der Waals surface area contributed by atoms with Gasteiger partial charge in [-0.1, -0.05) is 24.8 Å². The maximum atomic E-state index is 11.5. The highest BCUT2D eigenvalue weighted by Crippen LogP contribution is 2.28. The van der Waals surface area contributed by atoms with Gasteiger partial charge in [0.15, 0.2) is 11.7 Å². The first-order chi connectivity index (χ1) is 11.4. The van der Waals surface area contributed by atoms with Gasteiger partial charge in [0.1, 0.15) is 5.57 Å². The van der Waals surface area contributed by atoms with Crippen LogP contribution in [0.2, 0.25) is 0 Å². The molecule has 0 spiro atoms. The van der Waals surface area contributed by atoms with Crippen molar-refractivity contribution in [3.8, 4) is 0 Å². The van der Waals surface area contributed by atoms with Crippen LogP contribution in [0.25, 0.3) is 11.6 Å². The molecular formula is C16H12N4O4. The van der Waals surface area contributed by atoms with E-state index in [0.717, 1.165) is 10.2 Å². The van der Waals surface area contributed by atoms with E-state index in [1.807, 2.05) is 12.1 Å². The standard InChI is InChI=1S/C16H12N4O4/c1-3-9-4-6-10(7-5-9)17-13-8(2)11(15(21)22)14-18-12(16(23)24)19-20(13)14/h3-7H,1H2,2H3,(H,21,22)(H,23,24). The van der Waals surface area contributed by atoms with Crippen LogP contribution in [-0.2, 0) is 4.79 Å². The normalized spacial score (nSPS) is 14.8. The van der Waals surface area contributed by atoms with Gasteiger partial charge in [0.05, 0.1) is 5.69 Å². The van der Waals surface area contributed by atoms with Crippen molar-refractivity contribution in [2.24, 2.45) is 4.99 Å². The highest BCUT2D eigenvalue weighted by Gasteiger charge is 2.34. The number of benzene rings is 1. The minimum atomic E-state index is -1.34. The largest absolute Gasteiger partial charge is 0.478 e. The highest BCUT2D eigenvalue weighted by atomic mass is 16.4. The number of aromatic carboxylic acids is 1. The molecule has 0 unspecified atom stereocenters. The summed E-state index contributed by atoms with van der Waals surface area (Å²) in [6.45, 7) is 5.25. The molecule has 1 aromatic heterocycles. The van der Waals surface area contributed by atoms with E-state index in [2.05, 4.69) is 21.7 Å². The van der Waals surface area contributed by atoms with E-state index in [-0.39, 0.29) is 17.2 Å². The highest BCUT2D eigenvalue weighted by molar-refractivity contribution is 6.27. The molecule has 2 heterocycles. The van der Waals surface area contributed by atoms with Gasteiger partial charge in [0, 0.05) is 5.57 Å². The van der Waals surface area contributed by atoms with Gasteiger partial charge >= 0.3 is 11.9 Å². The fraction of sp³-hybridized carbons (Fsp3) is 0.0625. The summed E-state index contributed by atoms with van der Waals surface area (Å²) in [6.07, 6.45) is 1.69. The maximum Gasteiger partial charge on any atom is 0.375 e. The molecule has 8 nitrogen and oxygen atoms in total. The van der Waals surface area contributed by atoms with Gasteiger partial charge in [0.2, 0.25) is 0 Å². The summed E-state index contributed by atoms with van der Waals surface area (Å²) in [6, 6.07) is 7.10. The number of aromatic nitrogens is 3. The van der Waals surface area contributed by atoms with Crippen molar-refractivity contribution in [3.05, 3.63) is 53.6 Å². The van der Waals surface area contributed by atoms with E-state index in [1.54, 1.807) is 25.1 Å². The fourth-order valence-corrected chi connectivity index (χ4v) is 2.35. The Hall–Kier alpha value is -3.55. The minimum absolute atomic E-state index is 0.0427. The number of carboxylic acids is 2. The second-order valence-corrected chi connectivity index (χ2v) is 5.01. The van der Waals surface area contributed by atoms with Gasteiger partial charge in [-0.25, -0.2) is 19.6 Å². The smallest absolute Gasteiger partial charge is 0.375 e. The lowest BCUT2D eigenvalue weighted by atomic mass is 10.1. The number of hydrogen-bond donors (Lipinski definition) is 2. The number of aliphatic imine (C=N–C) groups is 1. The lowest BCUT2D eigenvalue weighted by Gasteiger charge is -2.02. The monoisotopic (exact) mass is 324 g/mol. The molecular weight excluding hydrogens is 312 g/mol. The Labute approximate surface area is 136 Å². The molecule has 0 aliphatic carbocycles. The van der Waals surface area contributed by atoms with Gasteiger partial charge < -0.3 is 10.2 Å². The first-order valence-corrected chi connectivity index (χ1v) is 6.89. The van der Waals surface area contributed by atoms with E-state index < -0.39 is 17.8 Å². The molecule has 1 aromatic carbocycles. The van der Waals surface area contributed by atoms with Crippen LogP contribution in [0.3, 0.4) is 0 Å². The molecule has 1 aliphatic rings. The van der Waals surface area contributed by atoms with Crippen molar-refractivity contribution in [2.45, 2.75) is 6.92 Å². The second-order valence-electron chi connectivity index (χ2n) is 5.01. The van der Waals surface area contributed by atoms with Crippen LogP contribution >= 0.6 is 0 Å². The Kier molecular flexibility index (Phi) is 3.57. The van der Waals surface area contributed by atoms with Crippen LogP contribution in [0.5, 0.6) is 0 Å². The lowest BCUT2D eigenvalue weighted by Crippen LogP contribution is -2.12. The average Bonchev–Trinajstić information content (AvgIpc) is 3.06. The molecule has 1 aliphatic heterocycles. The molecule has 0 radical (unpaired) electrons. The molecule has 0 atom stereocenters. The zero-order chi connectivity index (χ0) is 17.4. The van der Waals surface area contributed by atoms with E-state index in [0.29, 0.717) is 11.3 Å². The molecule has 0 fully saturated rings. The maximum absolute atomic E-state index is 11.5. The van der Waals surface area contributed by atoms with Crippen LogP contribution in [0.15, 0.2) is 41.4 Å². The number of carboxylic acid groups (broad SMARTS) is 2. The summed E-state index contributed by atoms with van der Waals surface area (Å²) in [5, 5.41) is 22.2. The van der Waals surface area contributed by atoms with Crippen LogP contribution < -0.4 is 0 Å². The number of fused-ring (bicyclic) bond motifs is 1. The van der Waals surface area contributed by atoms with E-state index >= 15 is 0 Å². The molecule has 0 saturated carbocycles. The van der Waals surface area contributed by atoms with Crippen molar-refractivity contribution in [1.29, 1.82) is 0 Å². The van der Waals surface area contributed by atoms with E-state index in [4.69, 9.17) is 5.11 Å². The minimum Gasteiger partial charge on any atom is -0.478 e. The average molecular weight is 324 g/mol. The number of aliphatic carboxylic acids is 1. The zero-order valence-corrected chi connectivity index (χ0v) is 12.6. The molecule has 2 N–H and O–H groups in total. The van der Waals surface area contributed by atoms with Crippen LogP contribution in [-0.4, -0.2) is 42.8 Å². The molecule has 0 amide bonds. The number of allylic oxidation sites excluding steroid dienone is 1. The third kappa shape index (κ3) is 2.39. The third-order valence-electron chi connectivity index (χ3n) is 3.51. The SMILES string of the molecule is C=Cc1ccc(N=C2C(C)=C(C(=O)O)c3nc(C(=O)O)nn32)cc1. The van der Waals surface area contributed by atoms with Crippen LogP contribution in [0, 0.1) is 0 Å². The van der Waals surface area contributed by atoms with Crippen LogP contribution in [0.4, 0.5) is 5.69 Å². The summed E-state index contributed by atoms with van der Waals surface area (Å²) in [5.41, 5.74) is 1.73. The molecule has 8 heteroatoms. The third-order valence-corrected chi connectivity index (χ3v) is 3.51. The van der Waals surface area contributed by atoms with Gasteiger partial charge in [-0.15, -0.1) is 5.10 Å². The Morgan fingerprint density at radius 3 is 2.42 bits per heavy atom. The summed E-state index contributed by atoms with van der Waals surface area (Å²) >= 11 is 0. The topological polar surface area (TPSA) is 118 Å². The van der Waals surface area contributed by atoms with Crippen molar-refractivity contribution < 1.29 is 19.8 Å². The summed E-state index contributed by atoms with van der Waals surface area (Å²) in [7, 11) is 0. The number of nitrogens with zero attached hydrogens (tertiary/aromatic N) is 4. The number of carbonyl (C=O) groups is 2. The first-order valence-electron chi connectivity index (χ1n) is 6.89. The van der Waals surface area contributed by atoms with Crippen molar-refractivity contribution in [3.63, 3.8) is 0 Å². The Morgan fingerprint density at radius 1 is 1.21 bits per heavy atom. The van der Waals surface area contributed by atoms with Crippen LogP contribution in [0.1, 0.15) is 28.9 Å². The Morgan fingerprint density at radius 2 is 1.88 bits per heavy atom. The molecule has 120 valence electrons. The molecule has 2 aromatic rings. The number of hydrogen-bond acceptors (Lipinski definition) is 5. The van der Waals surface area contributed by atoms with Gasteiger partial charge in [-0.05, 0) is 24.6 Å². The second kappa shape index (κ2) is 5.58. The first kappa shape index (κ1) is 15.3. The Bertz CT molecular complexity index is 935. The molecule has 0 saturated heterocycles. The van der Waals surface area contributed by atoms with E-state index in [9.17, 15) is 14.7 Å². The lowest BCUT2D eigenvalue weighted by molar-refractivity contribution is -0.130. The van der Waals surface area contributed by atoms with Gasteiger partial charge in [0.25, 0.3) is 5.82 Å². The summed E-state index contributed by atoms with van der Waals surface area (Å²) in [4.78, 5) is 30.7. The summed E-state index contributed by atoms with van der Waals surface area (Å²) < 4.78 is 1.14. The quantitative estimate of drug-likeness (QED) is 0.889. The predicted molar refractivity (Wildman–Crippen MR) is 86.2 cm³/mol. The number of rotatable bonds is 4. The van der Waals surface area contributed by atoms with Gasteiger partial charge in [-0.3, -0.25) is 0 Å². The molecule has 0 bridgehead atoms. The molecule has 24 heavy (non-hydrogen) atoms. The van der Waals surface area contributed by atoms with E-state index in [1.165, 1.54) is 0 Å². The fourth-order valence-electron chi connectivity index (χ4n) is 2.35. The molecule has 3 rings (SSSR count). The van der Waals surface area contributed by atoms with Crippen molar-refractivity contribution in [1.82, 2.24) is 14.8 Å². The van der Waals surface area contributed by atoms with Crippen molar-refractivity contribution in [2.75, 3.05) is 0 Å². The van der Waals surface area contributed by atoms with Gasteiger partial charge in [-0.2, -0.15) is 4.68 Å². The van der Waals surface area contributed by atoms with Crippen molar-refractivity contribution >= 4 is 35.1 Å². The predicted octanol–water partition coefficient (Wildman–Crippen LogP) is 2.07. The zero-order valence-electron chi connectivity index (χ0n) is 12.6. The summed E-state index contributed by atoms with van der Waals surface area (Å²) in [5.74, 6) is -2.85. The Balaban J connectivity index is 2.16.